The number of para-hydroxylation sites is 1. The molecular weight excluding hydrogens is 402 g/mol. The number of imide groups is 1. The molecule has 1 N–H and O–H groups in total. The number of H-pyrrole nitrogens is 1. The van der Waals surface area contributed by atoms with Gasteiger partial charge < -0.3 is 9.72 Å². The van der Waals surface area contributed by atoms with Crippen molar-refractivity contribution in [1.29, 1.82) is 0 Å². The lowest BCUT2D eigenvalue weighted by Crippen LogP contribution is -2.31. The first-order valence-corrected chi connectivity index (χ1v) is 10.5. The van der Waals surface area contributed by atoms with E-state index in [4.69, 9.17) is 4.74 Å². The summed E-state index contributed by atoms with van der Waals surface area (Å²) in [6, 6.07) is 17.6. The maximum Gasteiger partial charge on any atom is 0.261 e. The van der Waals surface area contributed by atoms with Crippen molar-refractivity contribution in [3.63, 3.8) is 0 Å². The second kappa shape index (κ2) is 8.96. The van der Waals surface area contributed by atoms with Gasteiger partial charge in [-0.2, -0.15) is 0 Å². The summed E-state index contributed by atoms with van der Waals surface area (Å²) in [7, 11) is 0. The first-order chi connectivity index (χ1) is 14.6. The Kier molecular flexibility index (Phi) is 5.94. The minimum atomic E-state index is -0.257. The van der Waals surface area contributed by atoms with Crippen LogP contribution in [0.5, 0.6) is 5.75 Å². The van der Waals surface area contributed by atoms with Crippen molar-refractivity contribution in [3.05, 3.63) is 87.8 Å². The van der Waals surface area contributed by atoms with Gasteiger partial charge in [-0.05, 0) is 30.7 Å². The molecule has 2 amide bonds. The number of aromatic amines is 1. The van der Waals surface area contributed by atoms with Gasteiger partial charge in [-0.25, -0.2) is 4.98 Å². The Labute approximate surface area is 177 Å². The molecule has 0 saturated heterocycles. The number of hydrogen-bond donors (Lipinski definition) is 1. The average Bonchev–Trinajstić information content (AvgIpc) is 3.00. The zero-order valence-electron chi connectivity index (χ0n) is 16.0. The fraction of sp³-hybridized carbons (Fsp3) is 0.182. The summed E-state index contributed by atoms with van der Waals surface area (Å²) >= 11 is 1.37. The van der Waals surface area contributed by atoms with Gasteiger partial charge in [0.1, 0.15) is 12.4 Å². The molecule has 2 heterocycles. The molecule has 0 saturated carbocycles. The van der Waals surface area contributed by atoms with E-state index in [1.807, 2.05) is 30.3 Å². The van der Waals surface area contributed by atoms with E-state index in [0.29, 0.717) is 46.4 Å². The maximum atomic E-state index is 12.4. The van der Waals surface area contributed by atoms with Gasteiger partial charge in [-0.1, -0.05) is 42.1 Å². The Hall–Kier alpha value is -3.39. The normalized spacial score (nSPS) is 12.9. The van der Waals surface area contributed by atoms with Gasteiger partial charge in [0.05, 0.1) is 16.8 Å². The molecule has 0 aliphatic carbocycles. The van der Waals surface area contributed by atoms with Crippen LogP contribution in [0.1, 0.15) is 32.8 Å². The highest BCUT2D eigenvalue weighted by Gasteiger charge is 2.34. The van der Waals surface area contributed by atoms with Crippen LogP contribution in [-0.2, 0) is 6.61 Å². The van der Waals surface area contributed by atoms with E-state index in [-0.39, 0.29) is 24.0 Å². The van der Waals surface area contributed by atoms with Crippen LogP contribution in [0.3, 0.4) is 0 Å². The molecule has 0 radical (unpaired) electrons. The lowest BCUT2D eigenvalue weighted by Gasteiger charge is -2.13. The van der Waals surface area contributed by atoms with Gasteiger partial charge in [0, 0.05) is 18.4 Å². The molecule has 1 aliphatic rings. The van der Waals surface area contributed by atoms with Crippen LogP contribution in [0.2, 0.25) is 0 Å². The maximum absolute atomic E-state index is 12.4. The minimum absolute atomic E-state index is 0.191. The lowest BCUT2D eigenvalue weighted by atomic mass is 10.1. The highest BCUT2D eigenvalue weighted by atomic mass is 32.2. The molecule has 30 heavy (non-hydrogen) atoms. The summed E-state index contributed by atoms with van der Waals surface area (Å²) < 4.78 is 5.64. The van der Waals surface area contributed by atoms with Crippen molar-refractivity contribution in [3.8, 4) is 5.75 Å². The number of hydrogen-bond acceptors (Lipinski definition) is 6. The molecule has 1 aromatic heterocycles. The SMILES string of the molecule is O=C1c2ccccc2C(=O)N1CCCSc1nc(COc2ccccc2)cc(=O)[nH]1. The van der Waals surface area contributed by atoms with Crippen LogP contribution in [0, 0.1) is 0 Å². The second-order valence-electron chi connectivity index (χ2n) is 6.65. The Morgan fingerprint density at radius 2 is 1.60 bits per heavy atom. The molecular formula is C22H19N3O4S. The van der Waals surface area contributed by atoms with E-state index < -0.39 is 0 Å². The number of nitrogens with zero attached hydrogens (tertiary/aromatic N) is 2. The monoisotopic (exact) mass is 421 g/mol. The van der Waals surface area contributed by atoms with Gasteiger partial charge in [-0.3, -0.25) is 19.3 Å². The molecule has 0 spiro atoms. The highest BCUT2D eigenvalue weighted by Crippen LogP contribution is 2.23. The standard InChI is InChI=1S/C22H19N3O4S/c26-19-13-15(14-29-16-7-2-1-3-8-16)23-22(24-19)30-12-6-11-25-20(27)17-9-4-5-10-18(17)21(25)28/h1-5,7-10,13H,6,11-12,14H2,(H,23,24,26). The number of fused-ring (bicyclic) bond motifs is 1. The number of rotatable bonds is 8. The number of carbonyl (C=O) groups is 2. The van der Waals surface area contributed by atoms with E-state index >= 15 is 0 Å². The quantitative estimate of drug-likeness (QED) is 0.260. The number of benzene rings is 2. The number of carbonyl (C=O) groups excluding carboxylic acids is 2. The van der Waals surface area contributed by atoms with Crippen molar-refractivity contribution in [1.82, 2.24) is 14.9 Å². The molecule has 3 aromatic rings. The zero-order valence-corrected chi connectivity index (χ0v) is 16.9. The fourth-order valence-corrected chi connectivity index (χ4v) is 3.95. The number of nitrogens with one attached hydrogen (secondary N) is 1. The average molecular weight is 421 g/mol. The Morgan fingerprint density at radius 3 is 2.30 bits per heavy atom. The largest absolute Gasteiger partial charge is 0.487 e. The van der Waals surface area contributed by atoms with E-state index in [9.17, 15) is 14.4 Å². The topological polar surface area (TPSA) is 92.4 Å². The number of ether oxygens (including phenoxy) is 1. The first-order valence-electron chi connectivity index (χ1n) is 9.48. The van der Waals surface area contributed by atoms with Crippen LogP contribution >= 0.6 is 11.8 Å². The number of amides is 2. The Bertz CT molecular complexity index is 1100. The molecule has 0 atom stereocenters. The minimum Gasteiger partial charge on any atom is -0.487 e. The lowest BCUT2D eigenvalue weighted by molar-refractivity contribution is 0.0655. The highest BCUT2D eigenvalue weighted by molar-refractivity contribution is 7.99. The van der Waals surface area contributed by atoms with E-state index in [0.717, 1.165) is 0 Å². The third-order valence-corrected chi connectivity index (χ3v) is 5.51. The summed E-state index contributed by atoms with van der Waals surface area (Å²) in [5.41, 5.74) is 1.18. The third kappa shape index (κ3) is 4.44. The van der Waals surface area contributed by atoms with Gasteiger partial charge in [0.25, 0.3) is 17.4 Å². The van der Waals surface area contributed by atoms with E-state index in [1.165, 1.54) is 22.7 Å². The summed E-state index contributed by atoms with van der Waals surface area (Å²) in [6.07, 6.45) is 0.588. The predicted octanol–water partition coefficient (Wildman–Crippen LogP) is 3.13. The Balaban J connectivity index is 1.30. The predicted molar refractivity (Wildman–Crippen MR) is 113 cm³/mol. The van der Waals surface area contributed by atoms with Gasteiger partial charge >= 0.3 is 0 Å². The summed E-state index contributed by atoms with van der Waals surface area (Å²) in [5.74, 6) is 0.786. The van der Waals surface area contributed by atoms with E-state index in [1.54, 1.807) is 24.3 Å². The molecule has 4 rings (SSSR count). The van der Waals surface area contributed by atoms with Crippen molar-refractivity contribution < 1.29 is 14.3 Å². The summed E-state index contributed by atoms with van der Waals surface area (Å²) in [6.45, 7) is 0.511. The molecule has 7 nitrogen and oxygen atoms in total. The van der Waals surface area contributed by atoms with Crippen molar-refractivity contribution in [2.75, 3.05) is 12.3 Å². The van der Waals surface area contributed by atoms with Gasteiger partial charge in [-0.15, -0.1) is 0 Å². The van der Waals surface area contributed by atoms with Crippen LogP contribution in [-0.4, -0.2) is 39.0 Å². The molecule has 152 valence electrons. The third-order valence-electron chi connectivity index (χ3n) is 4.55. The smallest absolute Gasteiger partial charge is 0.261 e. The van der Waals surface area contributed by atoms with Crippen LogP contribution in [0.25, 0.3) is 0 Å². The number of thioether (sulfide) groups is 1. The zero-order chi connectivity index (χ0) is 20.9. The van der Waals surface area contributed by atoms with Crippen LogP contribution in [0.15, 0.2) is 70.6 Å². The van der Waals surface area contributed by atoms with Crippen LogP contribution in [0.4, 0.5) is 0 Å². The molecule has 2 aromatic carbocycles. The first kappa shape index (κ1) is 19.9. The van der Waals surface area contributed by atoms with Crippen LogP contribution < -0.4 is 10.3 Å². The summed E-state index contributed by atoms with van der Waals surface area (Å²) in [4.78, 5) is 45.0. The van der Waals surface area contributed by atoms with Crippen molar-refractivity contribution >= 4 is 23.6 Å². The molecule has 0 fully saturated rings. The van der Waals surface area contributed by atoms with Gasteiger partial charge in [0.2, 0.25) is 0 Å². The van der Waals surface area contributed by atoms with Gasteiger partial charge in [0.15, 0.2) is 5.16 Å². The van der Waals surface area contributed by atoms with Crippen molar-refractivity contribution in [2.24, 2.45) is 0 Å². The fourth-order valence-electron chi connectivity index (χ4n) is 3.13. The van der Waals surface area contributed by atoms with E-state index in [2.05, 4.69) is 9.97 Å². The molecule has 0 unspecified atom stereocenters. The molecule has 1 aliphatic heterocycles. The Morgan fingerprint density at radius 1 is 0.933 bits per heavy atom. The molecule has 8 heteroatoms. The summed E-state index contributed by atoms with van der Waals surface area (Å²) in [5, 5.41) is 0.483. The second-order valence-corrected chi connectivity index (χ2v) is 7.74. The van der Waals surface area contributed by atoms with Crippen molar-refractivity contribution in [2.45, 2.75) is 18.2 Å². The molecule has 0 bridgehead atoms. The number of aromatic nitrogens is 2.